The van der Waals surface area contributed by atoms with Crippen molar-refractivity contribution in [3.8, 4) is 11.5 Å². The second-order valence-corrected chi connectivity index (χ2v) is 6.97. The van der Waals surface area contributed by atoms with Gasteiger partial charge in [0.2, 0.25) is 0 Å². The highest BCUT2D eigenvalue weighted by Crippen LogP contribution is 2.34. The van der Waals surface area contributed by atoms with E-state index in [9.17, 15) is 19.2 Å². The first kappa shape index (κ1) is 21.5. The molecule has 2 rings (SSSR count). The molecular weight excluding hydrogens is 386 g/mol. The summed E-state index contributed by atoms with van der Waals surface area (Å²) in [6.07, 6.45) is 1.86. The molecule has 9 heteroatoms. The van der Waals surface area contributed by atoms with E-state index < -0.39 is 29.6 Å². The number of amides is 2. The van der Waals surface area contributed by atoms with Crippen molar-refractivity contribution < 1.29 is 33.4 Å². The van der Waals surface area contributed by atoms with Crippen LogP contribution in [-0.2, 0) is 19.1 Å². The zero-order chi connectivity index (χ0) is 20.8. The molecule has 28 heavy (non-hydrogen) atoms. The Morgan fingerprint density at radius 2 is 1.96 bits per heavy atom. The second kappa shape index (κ2) is 9.41. The zero-order valence-electron chi connectivity index (χ0n) is 16.0. The van der Waals surface area contributed by atoms with Gasteiger partial charge in [-0.2, -0.15) is 0 Å². The molecule has 150 valence electrons. The lowest BCUT2D eigenvalue weighted by molar-refractivity contribution is -0.150. The van der Waals surface area contributed by atoms with E-state index in [0.717, 1.165) is 16.7 Å². The van der Waals surface area contributed by atoms with Gasteiger partial charge in [-0.1, -0.05) is 13.0 Å². The fourth-order valence-electron chi connectivity index (χ4n) is 2.27. The maximum absolute atomic E-state index is 12.5. The maximum atomic E-state index is 12.5. The highest BCUT2D eigenvalue weighted by atomic mass is 32.2. The predicted octanol–water partition coefficient (Wildman–Crippen LogP) is 3.00. The topological polar surface area (TPSA) is 99.2 Å². The van der Waals surface area contributed by atoms with Crippen molar-refractivity contribution >= 4 is 40.9 Å². The van der Waals surface area contributed by atoms with Crippen LogP contribution in [0.25, 0.3) is 6.08 Å². The van der Waals surface area contributed by atoms with Gasteiger partial charge < -0.3 is 14.2 Å². The van der Waals surface area contributed by atoms with Crippen LogP contribution < -0.4 is 9.47 Å². The van der Waals surface area contributed by atoms with Gasteiger partial charge in [-0.15, -0.1) is 0 Å². The first-order valence-electron chi connectivity index (χ1n) is 8.56. The molecule has 0 unspecified atom stereocenters. The lowest BCUT2D eigenvalue weighted by Gasteiger charge is -2.14. The predicted molar refractivity (Wildman–Crippen MR) is 103 cm³/mol. The van der Waals surface area contributed by atoms with Crippen LogP contribution in [0.5, 0.6) is 11.5 Å². The number of ether oxygens (including phenoxy) is 3. The van der Waals surface area contributed by atoms with Crippen molar-refractivity contribution in [2.45, 2.75) is 33.3 Å². The van der Waals surface area contributed by atoms with E-state index in [1.165, 1.54) is 26.2 Å². The van der Waals surface area contributed by atoms with Gasteiger partial charge in [-0.25, -0.2) is 0 Å². The minimum absolute atomic E-state index is 0.170. The van der Waals surface area contributed by atoms with Gasteiger partial charge in [0.15, 0.2) is 11.5 Å². The van der Waals surface area contributed by atoms with Crippen LogP contribution in [0.1, 0.15) is 32.8 Å². The Balaban J connectivity index is 2.16. The molecule has 1 heterocycles. The molecule has 0 bridgehead atoms. The van der Waals surface area contributed by atoms with Gasteiger partial charge >= 0.3 is 11.9 Å². The number of hydrogen-bond donors (Lipinski definition) is 0. The minimum atomic E-state index is -0.634. The summed E-state index contributed by atoms with van der Waals surface area (Å²) in [5.41, 5.74) is 0.570. The summed E-state index contributed by atoms with van der Waals surface area (Å²) >= 11 is 0.736. The average Bonchev–Trinajstić information content (AvgIpc) is 2.89. The van der Waals surface area contributed by atoms with Crippen LogP contribution in [0.15, 0.2) is 23.1 Å². The number of carbonyl (C=O) groups is 4. The third kappa shape index (κ3) is 5.35. The highest BCUT2D eigenvalue weighted by molar-refractivity contribution is 8.18. The number of methoxy groups -OCH3 is 1. The molecule has 1 saturated heterocycles. The van der Waals surface area contributed by atoms with Gasteiger partial charge in [0.25, 0.3) is 11.1 Å². The molecule has 1 atom stereocenters. The smallest absolute Gasteiger partial charge is 0.326 e. The molecule has 0 saturated carbocycles. The summed E-state index contributed by atoms with van der Waals surface area (Å²) < 4.78 is 15.3. The van der Waals surface area contributed by atoms with E-state index >= 15 is 0 Å². The Morgan fingerprint density at radius 3 is 2.57 bits per heavy atom. The van der Waals surface area contributed by atoms with Crippen LogP contribution in [0.2, 0.25) is 0 Å². The fourth-order valence-corrected chi connectivity index (χ4v) is 3.11. The average molecular weight is 407 g/mol. The Bertz CT molecular complexity index is 834. The van der Waals surface area contributed by atoms with Crippen molar-refractivity contribution in [3.05, 3.63) is 28.7 Å². The van der Waals surface area contributed by atoms with Crippen molar-refractivity contribution in [3.63, 3.8) is 0 Å². The van der Waals surface area contributed by atoms with E-state index in [2.05, 4.69) is 0 Å². The molecule has 1 aliphatic heterocycles. The minimum Gasteiger partial charge on any atom is -0.493 e. The largest absolute Gasteiger partial charge is 0.493 e. The molecule has 1 aliphatic rings. The Labute approximate surface area is 166 Å². The molecule has 2 amide bonds. The summed E-state index contributed by atoms with van der Waals surface area (Å²) in [6.45, 7) is 4.44. The summed E-state index contributed by atoms with van der Waals surface area (Å²) in [5.74, 6) is -1.14. The number of esters is 2. The van der Waals surface area contributed by atoms with Crippen molar-refractivity contribution in [2.24, 2.45) is 0 Å². The molecule has 0 radical (unpaired) electrons. The zero-order valence-corrected chi connectivity index (χ0v) is 16.8. The normalized spacial score (nSPS) is 16.3. The van der Waals surface area contributed by atoms with Gasteiger partial charge in [-0.05, 0) is 48.9 Å². The molecule has 1 fully saturated rings. The number of carbonyl (C=O) groups excluding carboxylic acids is 4. The van der Waals surface area contributed by atoms with Gasteiger partial charge in [-0.3, -0.25) is 24.1 Å². The number of benzene rings is 1. The number of hydrogen-bond acceptors (Lipinski definition) is 8. The first-order valence-corrected chi connectivity index (χ1v) is 9.38. The summed E-state index contributed by atoms with van der Waals surface area (Å²) in [6, 6.07) is 4.72. The Hall–Kier alpha value is -2.81. The van der Waals surface area contributed by atoms with Crippen molar-refractivity contribution in [1.29, 1.82) is 0 Å². The molecule has 8 nitrogen and oxygen atoms in total. The Kier molecular flexibility index (Phi) is 7.22. The van der Waals surface area contributed by atoms with Crippen LogP contribution in [0.3, 0.4) is 0 Å². The van der Waals surface area contributed by atoms with Crippen LogP contribution in [0, 0.1) is 0 Å². The molecule has 1 aromatic carbocycles. The Morgan fingerprint density at radius 1 is 1.25 bits per heavy atom. The van der Waals surface area contributed by atoms with Gasteiger partial charge in [0.1, 0.15) is 6.54 Å². The van der Waals surface area contributed by atoms with Gasteiger partial charge in [0.05, 0.1) is 18.1 Å². The molecule has 0 aromatic heterocycles. The first-order chi connectivity index (χ1) is 13.2. The van der Waals surface area contributed by atoms with Crippen molar-refractivity contribution in [1.82, 2.24) is 4.90 Å². The summed E-state index contributed by atoms with van der Waals surface area (Å²) in [7, 11) is 1.42. The quantitative estimate of drug-likeness (QED) is 0.386. The summed E-state index contributed by atoms with van der Waals surface area (Å²) in [5, 5.41) is -0.541. The third-order valence-electron chi connectivity index (χ3n) is 3.81. The SMILES string of the molecule is CC[C@H](C)OC(=O)CN1C(=O)S/C(=C\c2ccc(OC(C)=O)c(OC)c2)C1=O. The maximum Gasteiger partial charge on any atom is 0.326 e. The number of imide groups is 1. The third-order valence-corrected chi connectivity index (χ3v) is 4.71. The number of rotatable bonds is 7. The standard InChI is InChI=1S/C19H21NO7S/c1-5-11(2)26-17(22)10-20-18(23)16(28-19(20)24)9-13-6-7-14(27-12(3)21)15(8-13)25-4/h6-9,11H,5,10H2,1-4H3/b16-9-/t11-/m0/s1. The van der Waals surface area contributed by atoms with Crippen LogP contribution in [0.4, 0.5) is 4.79 Å². The van der Waals surface area contributed by atoms with E-state index in [1.807, 2.05) is 6.92 Å². The number of nitrogens with zero attached hydrogens (tertiary/aromatic N) is 1. The second-order valence-electron chi connectivity index (χ2n) is 5.98. The molecular formula is C19H21NO7S. The summed E-state index contributed by atoms with van der Waals surface area (Å²) in [4.78, 5) is 48.6. The molecule has 0 aliphatic carbocycles. The van der Waals surface area contributed by atoms with Crippen molar-refractivity contribution in [2.75, 3.05) is 13.7 Å². The fraction of sp³-hybridized carbons (Fsp3) is 0.368. The number of thioether (sulfide) groups is 1. The highest BCUT2D eigenvalue weighted by Gasteiger charge is 2.36. The lowest BCUT2D eigenvalue weighted by atomic mass is 10.2. The molecule has 0 spiro atoms. The van der Waals surface area contributed by atoms with E-state index in [4.69, 9.17) is 14.2 Å². The van der Waals surface area contributed by atoms with Crippen LogP contribution >= 0.6 is 11.8 Å². The van der Waals surface area contributed by atoms with E-state index in [1.54, 1.807) is 19.1 Å². The van der Waals surface area contributed by atoms with E-state index in [-0.39, 0.29) is 16.8 Å². The molecule has 0 N–H and O–H groups in total. The van der Waals surface area contributed by atoms with Crippen LogP contribution in [-0.4, -0.2) is 47.7 Å². The lowest BCUT2D eigenvalue weighted by Crippen LogP contribution is -2.35. The van der Waals surface area contributed by atoms with Gasteiger partial charge in [0, 0.05) is 6.92 Å². The van der Waals surface area contributed by atoms with E-state index in [0.29, 0.717) is 17.7 Å². The molecule has 1 aromatic rings. The monoisotopic (exact) mass is 407 g/mol.